The van der Waals surface area contributed by atoms with Crippen LogP contribution < -0.4 is 4.74 Å². The van der Waals surface area contributed by atoms with Gasteiger partial charge in [0, 0.05) is 0 Å². The quantitative estimate of drug-likeness (QED) is 0.511. The molecular formula is C20H13F3O3. The lowest BCUT2D eigenvalue weighted by atomic mass is 10.0. The second kappa shape index (κ2) is 6.92. The van der Waals surface area contributed by atoms with E-state index in [1.165, 1.54) is 0 Å². The van der Waals surface area contributed by atoms with Crippen molar-refractivity contribution >= 4 is 5.97 Å². The molecule has 26 heavy (non-hydrogen) atoms. The zero-order chi connectivity index (χ0) is 18.7. The molecule has 0 aliphatic rings. The van der Waals surface area contributed by atoms with Crippen LogP contribution in [0.15, 0.2) is 72.8 Å². The smallest absolute Gasteiger partial charge is 0.416 e. The number of alkyl halides is 3. The first-order chi connectivity index (χ1) is 12.3. The van der Waals surface area contributed by atoms with Crippen LogP contribution in [0, 0.1) is 0 Å². The van der Waals surface area contributed by atoms with Crippen molar-refractivity contribution < 1.29 is 27.8 Å². The van der Waals surface area contributed by atoms with Crippen LogP contribution in [0.4, 0.5) is 13.2 Å². The zero-order valence-corrected chi connectivity index (χ0v) is 13.3. The Hall–Kier alpha value is -3.28. The van der Waals surface area contributed by atoms with Crippen LogP contribution >= 0.6 is 0 Å². The van der Waals surface area contributed by atoms with E-state index in [-0.39, 0.29) is 17.1 Å². The number of benzene rings is 3. The number of phenols is 1. The molecule has 0 aliphatic heterocycles. The summed E-state index contributed by atoms with van der Waals surface area (Å²) in [5.74, 6) is -0.474. The number of hydrogen-bond acceptors (Lipinski definition) is 3. The number of carbonyl (C=O) groups is 1. The summed E-state index contributed by atoms with van der Waals surface area (Å²) < 4.78 is 42.7. The Labute approximate surface area is 147 Å². The fraction of sp³-hybridized carbons (Fsp3) is 0.0500. The van der Waals surface area contributed by atoms with Gasteiger partial charge < -0.3 is 9.84 Å². The molecule has 6 heteroatoms. The number of ether oxygens (including phenoxy) is 1. The van der Waals surface area contributed by atoms with Gasteiger partial charge in [0.1, 0.15) is 11.5 Å². The molecule has 0 radical (unpaired) electrons. The normalized spacial score (nSPS) is 11.2. The Morgan fingerprint density at radius 1 is 0.769 bits per heavy atom. The Morgan fingerprint density at radius 3 is 1.77 bits per heavy atom. The van der Waals surface area contributed by atoms with Gasteiger partial charge in [-0.1, -0.05) is 24.3 Å². The Bertz CT molecular complexity index is 897. The fourth-order valence-corrected chi connectivity index (χ4v) is 2.33. The van der Waals surface area contributed by atoms with Gasteiger partial charge in [-0.05, 0) is 59.7 Å². The summed E-state index contributed by atoms with van der Waals surface area (Å²) in [7, 11) is 0. The van der Waals surface area contributed by atoms with Crippen LogP contribution in [0.25, 0.3) is 11.1 Å². The van der Waals surface area contributed by atoms with Crippen molar-refractivity contribution in [2.24, 2.45) is 0 Å². The first kappa shape index (κ1) is 17.5. The summed E-state index contributed by atoms with van der Waals surface area (Å²) in [6.07, 6.45) is -4.44. The molecule has 0 aromatic heterocycles. The molecule has 0 saturated carbocycles. The maximum atomic E-state index is 12.5. The topological polar surface area (TPSA) is 46.5 Å². The van der Waals surface area contributed by atoms with Gasteiger partial charge in [0.2, 0.25) is 0 Å². The number of rotatable bonds is 3. The lowest BCUT2D eigenvalue weighted by Gasteiger charge is -2.08. The van der Waals surface area contributed by atoms with Crippen molar-refractivity contribution in [3.63, 3.8) is 0 Å². The van der Waals surface area contributed by atoms with Crippen LogP contribution in [0.3, 0.4) is 0 Å². The Kier molecular flexibility index (Phi) is 4.67. The van der Waals surface area contributed by atoms with Gasteiger partial charge in [-0.2, -0.15) is 13.2 Å². The van der Waals surface area contributed by atoms with E-state index in [0.29, 0.717) is 0 Å². The van der Waals surface area contributed by atoms with Crippen molar-refractivity contribution in [3.8, 4) is 22.6 Å². The molecule has 3 nitrogen and oxygen atoms in total. The molecule has 0 saturated heterocycles. The van der Waals surface area contributed by atoms with E-state index in [1.54, 1.807) is 48.5 Å². The number of esters is 1. The van der Waals surface area contributed by atoms with E-state index in [4.69, 9.17) is 4.74 Å². The molecule has 0 fully saturated rings. The standard InChI is InChI=1S/C20H13F3O3/c21-20(22,23)16-7-11-18(12-8-16)26-19(25)15-3-1-13(2-4-15)14-5-9-17(24)10-6-14/h1-12,24H. The molecule has 0 amide bonds. The third kappa shape index (κ3) is 4.03. The van der Waals surface area contributed by atoms with Crippen molar-refractivity contribution in [3.05, 3.63) is 83.9 Å². The molecule has 0 aliphatic carbocycles. The molecule has 0 unspecified atom stereocenters. The van der Waals surface area contributed by atoms with E-state index < -0.39 is 17.7 Å². The maximum absolute atomic E-state index is 12.5. The summed E-state index contributed by atoms with van der Waals surface area (Å²) in [6.45, 7) is 0. The van der Waals surface area contributed by atoms with Gasteiger partial charge >= 0.3 is 12.1 Å². The number of aromatic hydroxyl groups is 1. The molecule has 3 aromatic carbocycles. The SMILES string of the molecule is O=C(Oc1ccc(C(F)(F)F)cc1)c1ccc(-c2ccc(O)cc2)cc1. The molecular weight excluding hydrogens is 345 g/mol. The molecule has 0 spiro atoms. The van der Waals surface area contributed by atoms with Crippen LogP contribution in [0.1, 0.15) is 15.9 Å². The fourth-order valence-electron chi connectivity index (χ4n) is 2.33. The third-order valence-electron chi connectivity index (χ3n) is 3.71. The minimum Gasteiger partial charge on any atom is -0.508 e. The summed E-state index contributed by atoms with van der Waals surface area (Å²) in [4.78, 5) is 12.1. The van der Waals surface area contributed by atoms with Gasteiger partial charge in [0.15, 0.2) is 0 Å². The Morgan fingerprint density at radius 2 is 1.27 bits per heavy atom. The molecule has 0 bridgehead atoms. The molecule has 3 aromatic rings. The first-order valence-electron chi connectivity index (χ1n) is 7.62. The summed E-state index contributed by atoms with van der Waals surface area (Å²) in [5.41, 5.74) is 1.17. The highest BCUT2D eigenvalue weighted by Gasteiger charge is 2.30. The Balaban J connectivity index is 1.71. The molecule has 1 N–H and O–H groups in total. The summed E-state index contributed by atoms with van der Waals surface area (Å²) >= 11 is 0. The predicted octanol–water partition coefficient (Wildman–Crippen LogP) is 5.30. The highest BCUT2D eigenvalue weighted by Crippen LogP contribution is 2.30. The van der Waals surface area contributed by atoms with E-state index >= 15 is 0 Å². The van der Waals surface area contributed by atoms with Gasteiger partial charge in [0.05, 0.1) is 11.1 Å². The van der Waals surface area contributed by atoms with Crippen molar-refractivity contribution in [2.75, 3.05) is 0 Å². The number of halogens is 3. The lowest BCUT2D eigenvalue weighted by molar-refractivity contribution is -0.137. The minimum absolute atomic E-state index is 0.0330. The highest BCUT2D eigenvalue weighted by atomic mass is 19.4. The largest absolute Gasteiger partial charge is 0.508 e. The number of carbonyl (C=O) groups excluding carboxylic acids is 1. The van der Waals surface area contributed by atoms with Gasteiger partial charge in [-0.3, -0.25) is 0 Å². The van der Waals surface area contributed by atoms with Crippen LogP contribution in [0.2, 0.25) is 0 Å². The van der Waals surface area contributed by atoms with Crippen molar-refractivity contribution in [2.45, 2.75) is 6.18 Å². The van der Waals surface area contributed by atoms with Crippen LogP contribution in [-0.4, -0.2) is 11.1 Å². The van der Waals surface area contributed by atoms with Crippen molar-refractivity contribution in [1.82, 2.24) is 0 Å². The third-order valence-corrected chi connectivity index (χ3v) is 3.71. The van der Waals surface area contributed by atoms with E-state index in [1.807, 2.05) is 0 Å². The predicted molar refractivity (Wildman–Crippen MR) is 89.9 cm³/mol. The lowest BCUT2D eigenvalue weighted by Crippen LogP contribution is -2.09. The van der Waals surface area contributed by atoms with Crippen molar-refractivity contribution in [1.29, 1.82) is 0 Å². The number of phenolic OH excluding ortho intramolecular Hbond substituents is 1. The average molecular weight is 358 g/mol. The minimum atomic E-state index is -4.44. The van der Waals surface area contributed by atoms with Gasteiger partial charge in [-0.25, -0.2) is 4.79 Å². The molecule has 3 rings (SSSR count). The van der Waals surface area contributed by atoms with Crippen LogP contribution in [0.5, 0.6) is 11.5 Å². The molecule has 0 heterocycles. The van der Waals surface area contributed by atoms with Crippen LogP contribution in [-0.2, 0) is 6.18 Å². The van der Waals surface area contributed by atoms with E-state index in [2.05, 4.69) is 0 Å². The maximum Gasteiger partial charge on any atom is 0.416 e. The summed E-state index contributed by atoms with van der Waals surface area (Å²) in [6, 6.07) is 17.1. The first-order valence-corrected chi connectivity index (χ1v) is 7.62. The highest BCUT2D eigenvalue weighted by molar-refractivity contribution is 5.91. The van der Waals surface area contributed by atoms with E-state index in [0.717, 1.165) is 35.4 Å². The summed E-state index contributed by atoms with van der Waals surface area (Å²) in [5, 5.41) is 9.30. The second-order valence-corrected chi connectivity index (χ2v) is 5.54. The second-order valence-electron chi connectivity index (χ2n) is 5.54. The van der Waals surface area contributed by atoms with E-state index in [9.17, 15) is 23.1 Å². The van der Waals surface area contributed by atoms with Gasteiger partial charge in [-0.15, -0.1) is 0 Å². The zero-order valence-electron chi connectivity index (χ0n) is 13.3. The monoisotopic (exact) mass is 358 g/mol. The van der Waals surface area contributed by atoms with Gasteiger partial charge in [0.25, 0.3) is 0 Å². The molecule has 132 valence electrons. The molecule has 0 atom stereocenters. The number of hydrogen-bond donors (Lipinski definition) is 1. The average Bonchev–Trinajstić information content (AvgIpc) is 2.62.